The number of nitrogens with zero attached hydrogens (tertiary/aromatic N) is 3. The number of carbonyl (C=O) groups is 2. The van der Waals surface area contributed by atoms with Gasteiger partial charge in [0, 0.05) is 28.3 Å². The van der Waals surface area contributed by atoms with Gasteiger partial charge < -0.3 is 9.84 Å². The predicted octanol–water partition coefficient (Wildman–Crippen LogP) is 6.57. The molecule has 2 aliphatic heterocycles. The molecule has 3 heterocycles. The van der Waals surface area contributed by atoms with Crippen LogP contribution in [0.15, 0.2) is 76.6 Å². The molecule has 2 aliphatic rings. The van der Waals surface area contributed by atoms with Crippen LogP contribution in [0.2, 0.25) is 5.02 Å². The number of hydrogen-bond acceptors (Lipinski definition) is 8. The van der Waals surface area contributed by atoms with Gasteiger partial charge in [-0.3, -0.25) is 14.5 Å². The molecule has 7 nitrogen and oxygen atoms in total. The summed E-state index contributed by atoms with van der Waals surface area (Å²) in [5, 5.41) is 20.5. The molecule has 4 aromatic rings. The van der Waals surface area contributed by atoms with Crippen LogP contribution in [-0.2, 0) is 21.8 Å². The molecule has 1 N–H and O–H groups in total. The summed E-state index contributed by atoms with van der Waals surface area (Å²) in [5.74, 6) is -1.57. The highest BCUT2D eigenvalue weighted by Gasteiger charge is 2.49. The fourth-order valence-electron chi connectivity index (χ4n) is 4.83. The van der Waals surface area contributed by atoms with Crippen molar-refractivity contribution in [2.45, 2.75) is 35.6 Å². The molecule has 0 saturated carbocycles. The number of rotatable bonds is 6. The van der Waals surface area contributed by atoms with E-state index in [0.29, 0.717) is 32.8 Å². The molecule has 2 atom stereocenters. The van der Waals surface area contributed by atoms with E-state index in [1.807, 2.05) is 19.1 Å². The molecule has 1 aromatic heterocycles. The van der Waals surface area contributed by atoms with Gasteiger partial charge in [-0.15, -0.1) is 10.2 Å². The third-order valence-corrected chi connectivity index (χ3v) is 9.07. The van der Waals surface area contributed by atoms with E-state index < -0.39 is 29.3 Å². The summed E-state index contributed by atoms with van der Waals surface area (Å²) >= 11 is 8.48. The number of aliphatic hydroxyl groups is 1. The Balaban J connectivity index is 1.39. The molecule has 0 bridgehead atoms. The summed E-state index contributed by atoms with van der Waals surface area (Å²) in [6, 6.07) is 17.1. The fraction of sp³-hybridized carbons (Fsp3) is 0.172. The molecule has 2 unspecified atom stereocenters. The van der Waals surface area contributed by atoms with Gasteiger partial charge in [0.1, 0.15) is 29.5 Å². The molecule has 6 rings (SSSR count). The smallest absolute Gasteiger partial charge is 0.301 e. The van der Waals surface area contributed by atoms with Crippen LogP contribution in [0.4, 0.5) is 9.52 Å². The maximum atomic E-state index is 15.2. The lowest BCUT2D eigenvalue weighted by Crippen LogP contribution is -2.29. The van der Waals surface area contributed by atoms with Crippen molar-refractivity contribution < 1.29 is 23.8 Å². The van der Waals surface area contributed by atoms with Crippen LogP contribution >= 0.6 is 34.7 Å². The summed E-state index contributed by atoms with van der Waals surface area (Å²) in [6.07, 6.45) is 0.628. The molecule has 40 heavy (non-hydrogen) atoms. The molecule has 202 valence electrons. The number of aromatic nitrogens is 2. The van der Waals surface area contributed by atoms with E-state index in [4.69, 9.17) is 16.3 Å². The number of anilines is 1. The van der Waals surface area contributed by atoms with E-state index in [1.165, 1.54) is 30.0 Å². The Hall–Kier alpha value is -3.73. The largest absolute Gasteiger partial charge is 0.507 e. The second-order valence-electron chi connectivity index (χ2n) is 9.41. The minimum atomic E-state index is -1.23. The van der Waals surface area contributed by atoms with Crippen molar-refractivity contribution in [1.29, 1.82) is 0 Å². The van der Waals surface area contributed by atoms with Crippen molar-refractivity contribution in [3.63, 3.8) is 0 Å². The maximum Gasteiger partial charge on any atom is 0.301 e. The summed E-state index contributed by atoms with van der Waals surface area (Å²) in [4.78, 5) is 27.9. The first-order chi connectivity index (χ1) is 19.3. The van der Waals surface area contributed by atoms with Gasteiger partial charge in [-0.25, -0.2) is 4.39 Å². The zero-order chi connectivity index (χ0) is 28.0. The third-order valence-electron chi connectivity index (χ3n) is 6.69. The summed E-state index contributed by atoms with van der Waals surface area (Å²) < 4.78 is 21.5. The molecule has 0 aliphatic carbocycles. The Labute approximate surface area is 242 Å². The molecule has 1 amide bonds. The van der Waals surface area contributed by atoms with Crippen LogP contribution in [0.25, 0.3) is 5.76 Å². The summed E-state index contributed by atoms with van der Waals surface area (Å²) in [5.41, 5.74) is 2.08. The highest BCUT2D eigenvalue weighted by atomic mass is 35.5. The summed E-state index contributed by atoms with van der Waals surface area (Å²) in [6.45, 7) is 1.94. The van der Waals surface area contributed by atoms with Crippen LogP contribution in [0.5, 0.6) is 5.75 Å². The Bertz CT molecular complexity index is 1670. The van der Waals surface area contributed by atoms with E-state index in [2.05, 4.69) is 10.2 Å². The van der Waals surface area contributed by atoms with Gasteiger partial charge in [-0.1, -0.05) is 65.0 Å². The number of hydrogen-bond donors (Lipinski definition) is 1. The van der Waals surface area contributed by atoms with E-state index in [1.54, 1.807) is 36.4 Å². The standard InChI is InChI=1S/C29H21ClFN3O4S2/c1-15-12-18-13-17(8-11-22(18)38-15)25(35)23-24(20-4-2-3-5-21(20)31)34(27(37)26(23)36)28-32-33-29(40-28)39-14-16-6-9-19(30)10-7-16/h2-11,13,15,24,35H,12,14H2,1H3/b25-23+. The molecule has 1 fully saturated rings. The van der Waals surface area contributed by atoms with Crippen molar-refractivity contribution in [3.8, 4) is 5.75 Å². The summed E-state index contributed by atoms with van der Waals surface area (Å²) in [7, 11) is 0. The van der Waals surface area contributed by atoms with Crippen molar-refractivity contribution in [3.05, 3.63) is 105 Å². The Kier molecular flexibility index (Phi) is 7.07. The minimum Gasteiger partial charge on any atom is -0.507 e. The van der Waals surface area contributed by atoms with Gasteiger partial charge in [-0.2, -0.15) is 0 Å². The number of halogens is 2. The number of amides is 1. The highest BCUT2D eigenvalue weighted by Crippen LogP contribution is 2.45. The quantitative estimate of drug-likeness (QED) is 0.0888. The average molecular weight is 594 g/mol. The number of aliphatic hydroxyl groups excluding tert-OH is 1. The van der Waals surface area contributed by atoms with E-state index >= 15 is 4.39 Å². The van der Waals surface area contributed by atoms with E-state index in [-0.39, 0.29) is 22.4 Å². The fourth-order valence-corrected chi connectivity index (χ4v) is 6.78. The Morgan fingerprint density at radius 1 is 1.15 bits per heavy atom. The lowest BCUT2D eigenvalue weighted by atomic mass is 9.94. The van der Waals surface area contributed by atoms with E-state index in [9.17, 15) is 14.7 Å². The number of Topliss-reactive ketones (excluding diaryl/α,β-unsaturated/α-hetero) is 1. The molecule has 3 aromatic carbocycles. The average Bonchev–Trinajstić information content (AvgIpc) is 3.63. The van der Waals surface area contributed by atoms with Crippen LogP contribution < -0.4 is 9.64 Å². The number of fused-ring (bicyclic) bond motifs is 1. The van der Waals surface area contributed by atoms with Gasteiger partial charge in [0.25, 0.3) is 5.78 Å². The van der Waals surface area contributed by atoms with Gasteiger partial charge in [0.05, 0.1) is 5.57 Å². The van der Waals surface area contributed by atoms with E-state index in [0.717, 1.165) is 27.4 Å². The van der Waals surface area contributed by atoms with Crippen molar-refractivity contribution >= 4 is 57.3 Å². The first kappa shape index (κ1) is 26.5. The minimum absolute atomic E-state index is 0.0134. The number of ketones is 1. The van der Waals surface area contributed by atoms with Gasteiger partial charge >= 0.3 is 5.91 Å². The lowest BCUT2D eigenvalue weighted by Gasteiger charge is -2.22. The van der Waals surface area contributed by atoms with Crippen molar-refractivity contribution in [2.75, 3.05) is 4.90 Å². The Morgan fingerprint density at radius 2 is 1.93 bits per heavy atom. The lowest BCUT2D eigenvalue weighted by molar-refractivity contribution is -0.132. The normalized spacial score (nSPS) is 19.6. The topological polar surface area (TPSA) is 92.6 Å². The maximum absolute atomic E-state index is 15.2. The molecule has 0 spiro atoms. The van der Waals surface area contributed by atoms with Crippen molar-refractivity contribution in [2.24, 2.45) is 0 Å². The SMILES string of the molecule is CC1Cc2cc(/C(O)=C3\C(=O)C(=O)N(c4nnc(SCc5ccc(Cl)cc5)s4)C3c3ccccc3F)ccc2O1. The molecular formula is C29H21ClFN3O4S2. The Morgan fingerprint density at radius 3 is 2.70 bits per heavy atom. The first-order valence-electron chi connectivity index (χ1n) is 12.4. The molecule has 0 radical (unpaired) electrons. The zero-order valence-electron chi connectivity index (χ0n) is 21.0. The third kappa shape index (κ3) is 4.87. The molecule has 11 heteroatoms. The van der Waals surface area contributed by atoms with Crippen LogP contribution in [0.3, 0.4) is 0 Å². The number of carbonyl (C=O) groups excluding carboxylic acids is 2. The number of benzene rings is 3. The highest BCUT2D eigenvalue weighted by molar-refractivity contribution is 8.00. The zero-order valence-corrected chi connectivity index (χ0v) is 23.4. The molecular weight excluding hydrogens is 573 g/mol. The monoisotopic (exact) mass is 593 g/mol. The van der Waals surface area contributed by atoms with Crippen LogP contribution in [-0.4, -0.2) is 33.1 Å². The van der Waals surface area contributed by atoms with Gasteiger partial charge in [-0.05, 0) is 54.4 Å². The van der Waals surface area contributed by atoms with Crippen LogP contribution in [0, 0.1) is 5.82 Å². The van der Waals surface area contributed by atoms with Crippen molar-refractivity contribution in [1.82, 2.24) is 10.2 Å². The first-order valence-corrected chi connectivity index (χ1v) is 14.5. The second kappa shape index (κ2) is 10.7. The van der Waals surface area contributed by atoms with Crippen LogP contribution in [0.1, 0.15) is 35.2 Å². The molecule has 1 saturated heterocycles. The number of ether oxygens (including phenoxy) is 1. The van der Waals surface area contributed by atoms with Gasteiger partial charge in [0.2, 0.25) is 5.13 Å². The predicted molar refractivity (Wildman–Crippen MR) is 152 cm³/mol. The second-order valence-corrected chi connectivity index (χ2v) is 12.0. The number of thioether (sulfide) groups is 1. The van der Waals surface area contributed by atoms with Gasteiger partial charge in [0.15, 0.2) is 4.34 Å².